The van der Waals surface area contributed by atoms with Crippen LogP contribution >= 0.6 is 0 Å². The number of hydrogen-bond donors (Lipinski definition) is 2. The van der Waals surface area contributed by atoms with Gasteiger partial charge in [-0.1, -0.05) is 5.10 Å². The highest BCUT2D eigenvalue weighted by molar-refractivity contribution is 4.99. The van der Waals surface area contributed by atoms with Crippen LogP contribution in [0, 0.1) is 6.20 Å². The van der Waals surface area contributed by atoms with Crippen molar-refractivity contribution in [2.45, 2.75) is 0 Å². The van der Waals surface area contributed by atoms with E-state index in [0.717, 1.165) is 0 Å². The second kappa shape index (κ2) is 1.61. The third-order valence-corrected chi connectivity index (χ3v) is 0.495. The fourth-order valence-corrected chi connectivity index (χ4v) is 0.257. The SMILES string of the molecule is Oc1[c]nnc(O)n1. The summed E-state index contributed by atoms with van der Waals surface area (Å²) in [7, 11) is 0. The van der Waals surface area contributed by atoms with E-state index in [0.29, 0.717) is 0 Å². The van der Waals surface area contributed by atoms with E-state index in [4.69, 9.17) is 10.2 Å². The van der Waals surface area contributed by atoms with Crippen LogP contribution in [0.1, 0.15) is 0 Å². The van der Waals surface area contributed by atoms with Gasteiger partial charge in [0.15, 0.2) is 6.20 Å². The minimum atomic E-state index is -0.554. The number of nitrogens with zero attached hydrogens (tertiary/aromatic N) is 3. The van der Waals surface area contributed by atoms with E-state index < -0.39 is 11.9 Å². The van der Waals surface area contributed by atoms with E-state index in [2.05, 4.69) is 15.2 Å². The molecule has 41 valence electrons. The highest BCUT2D eigenvalue weighted by Crippen LogP contribution is 2.00. The predicted molar refractivity (Wildman–Crippen MR) is 22.0 cm³/mol. The summed E-state index contributed by atoms with van der Waals surface area (Å²) in [5.41, 5.74) is 0. The molecular weight excluding hydrogens is 110 g/mol. The Morgan fingerprint density at radius 1 is 1.38 bits per heavy atom. The molecule has 0 spiro atoms. The summed E-state index contributed by atoms with van der Waals surface area (Å²) in [6, 6.07) is -0.554. The molecule has 5 heteroatoms. The van der Waals surface area contributed by atoms with Crippen LogP contribution in [0.3, 0.4) is 0 Å². The van der Waals surface area contributed by atoms with Crippen molar-refractivity contribution in [3.63, 3.8) is 0 Å². The lowest BCUT2D eigenvalue weighted by molar-refractivity contribution is 0.386. The Kier molecular flexibility index (Phi) is 0.957. The largest absolute Gasteiger partial charge is 0.492 e. The number of aromatic hydroxyl groups is 2. The van der Waals surface area contributed by atoms with Crippen molar-refractivity contribution in [3.05, 3.63) is 6.20 Å². The van der Waals surface area contributed by atoms with Crippen molar-refractivity contribution >= 4 is 0 Å². The summed E-state index contributed by atoms with van der Waals surface area (Å²) in [5, 5.41) is 22.8. The molecule has 0 atom stereocenters. The first-order valence-electron chi connectivity index (χ1n) is 1.79. The van der Waals surface area contributed by atoms with E-state index in [1.54, 1.807) is 0 Å². The van der Waals surface area contributed by atoms with Gasteiger partial charge < -0.3 is 10.2 Å². The van der Waals surface area contributed by atoms with Crippen LogP contribution in [0.5, 0.6) is 11.9 Å². The monoisotopic (exact) mass is 112 g/mol. The molecule has 1 aromatic rings. The van der Waals surface area contributed by atoms with Crippen molar-refractivity contribution < 1.29 is 10.2 Å². The highest BCUT2D eigenvalue weighted by Gasteiger charge is 1.91. The molecule has 2 N–H and O–H groups in total. The van der Waals surface area contributed by atoms with E-state index in [9.17, 15) is 0 Å². The minimum absolute atomic E-state index is 0.461. The first kappa shape index (κ1) is 4.76. The Balaban J connectivity index is 3.08. The molecule has 0 aliphatic heterocycles. The number of aromatic nitrogens is 3. The van der Waals surface area contributed by atoms with Gasteiger partial charge in [-0.05, 0) is 0 Å². The molecule has 0 aromatic carbocycles. The Morgan fingerprint density at radius 2 is 2.12 bits per heavy atom. The quantitative estimate of drug-likeness (QED) is 0.454. The molecule has 1 heterocycles. The first-order valence-corrected chi connectivity index (χ1v) is 1.79. The van der Waals surface area contributed by atoms with Gasteiger partial charge >= 0.3 is 6.01 Å². The van der Waals surface area contributed by atoms with Gasteiger partial charge in [0.2, 0.25) is 5.88 Å². The molecule has 1 rings (SSSR count). The zero-order valence-corrected chi connectivity index (χ0v) is 3.74. The molecular formula is C3H2N3O2. The lowest BCUT2D eigenvalue weighted by Gasteiger charge is -1.84. The zero-order chi connectivity index (χ0) is 5.98. The second-order valence-corrected chi connectivity index (χ2v) is 1.05. The fraction of sp³-hybridized carbons (Fsp3) is 0. The molecule has 0 amide bonds. The van der Waals surface area contributed by atoms with Gasteiger partial charge in [-0.15, -0.1) is 5.10 Å². The number of hydrogen-bond acceptors (Lipinski definition) is 5. The average Bonchev–Trinajstić information content (AvgIpc) is 1.64. The molecule has 0 unspecified atom stereocenters. The zero-order valence-electron chi connectivity index (χ0n) is 3.74. The lowest BCUT2D eigenvalue weighted by atomic mass is 10.8. The maximum absolute atomic E-state index is 8.38. The Hall–Kier alpha value is -1.39. The van der Waals surface area contributed by atoms with Crippen molar-refractivity contribution in [1.82, 2.24) is 15.2 Å². The van der Waals surface area contributed by atoms with Crippen LogP contribution in [0.4, 0.5) is 0 Å². The van der Waals surface area contributed by atoms with Crippen molar-refractivity contribution in [1.29, 1.82) is 0 Å². The van der Waals surface area contributed by atoms with Gasteiger partial charge in [-0.2, -0.15) is 4.98 Å². The van der Waals surface area contributed by atoms with Gasteiger partial charge in [0.25, 0.3) is 0 Å². The molecule has 0 saturated heterocycles. The lowest BCUT2D eigenvalue weighted by Crippen LogP contribution is -1.83. The summed E-state index contributed by atoms with van der Waals surface area (Å²) in [4.78, 5) is 3.06. The van der Waals surface area contributed by atoms with Crippen molar-refractivity contribution in [2.24, 2.45) is 0 Å². The molecule has 0 saturated carbocycles. The van der Waals surface area contributed by atoms with Gasteiger partial charge in [0, 0.05) is 0 Å². The van der Waals surface area contributed by atoms with Gasteiger partial charge in [-0.25, -0.2) is 0 Å². The molecule has 0 bridgehead atoms. The summed E-state index contributed by atoms with van der Waals surface area (Å²) in [6.45, 7) is 0. The van der Waals surface area contributed by atoms with Gasteiger partial charge in [0.05, 0.1) is 0 Å². The summed E-state index contributed by atoms with van der Waals surface area (Å²) >= 11 is 0. The smallest absolute Gasteiger partial charge is 0.336 e. The standard InChI is InChI=1S/C3H2N3O2/c7-2-1-4-6-3(8)5-2/h(H2,5,6,7,8). The van der Waals surface area contributed by atoms with E-state index in [1.807, 2.05) is 6.20 Å². The van der Waals surface area contributed by atoms with Crippen LogP contribution in [-0.2, 0) is 0 Å². The van der Waals surface area contributed by atoms with Crippen LogP contribution in [0.15, 0.2) is 0 Å². The second-order valence-electron chi connectivity index (χ2n) is 1.05. The summed E-state index contributed by atoms with van der Waals surface area (Å²) in [5.74, 6) is -0.461. The minimum Gasteiger partial charge on any atom is -0.492 e. The third-order valence-electron chi connectivity index (χ3n) is 0.495. The highest BCUT2D eigenvalue weighted by atomic mass is 16.3. The van der Waals surface area contributed by atoms with E-state index >= 15 is 0 Å². The van der Waals surface area contributed by atoms with Crippen LogP contribution in [0.25, 0.3) is 0 Å². The van der Waals surface area contributed by atoms with E-state index in [1.165, 1.54) is 0 Å². The molecule has 5 nitrogen and oxygen atoms in total. The Labute approximate surface area is 44.6 Å². The topological polar surface area (TPSA) is 79.1 Å². The summed E-state index contributed by atoms with van der Waals surface area (Å²) in [6.07, 6.45) is 2.00. The van der Waals surface area contributed by atoms with Crippen molar-refractivity contribution in [3.8, 4) is 11.9 Å². The maximum Gasteiger partial charge on any atom is 0.336 e. The maximum atomic E-state index is 8.38. The molecule has 0 aliphatic rings. The third kappa shape index (κ3) is 0.810. The van der Waals surface area contributed by atoms with Crippen LogP contribution in [0.2, 0.25) is 0 Å². The van der Waals surface area contributed by atoms with Crippen LogP contribution in [-0.4, -0.2) is 25.4 Å². The molecule has 0 aliphatic carbocycles. The predicted octanol–water partition coefficient (Wildman–Crippen LogP) is -0.917. The van der Waals surface area contributed by atoms with Crippen LogP contribution < -0.4 is 0 Å². The van der Waals surface area contributed by atoms with Gasteiger partial charge in [-0.3, -0.25) is 0 Å². The normalized spacial score (nSPS) is 9.00. The van der Waals surface area contributed by atoms with Gasteiger partial charge in [0.1, 0.15) is 0 Å². The Morgan fingerprint density at radius 3 is 2.50 bits per heavy atom. The summed E-state index contributed by atoms with van der Waals surface area (Å²) < 4.78 is 0. The van der Waals surface area contributed by atoms with E-state index in [-0.39, 0.29) is 0 Å². The first-order chi connectivity index (χ1) is 3.79. The molecule has 1 aromatic heterocycles. The molecule has 1 radical (unpaired) electrons. The number of rotatable bonds is 0. The average molecular weight is 112 g/mol. The molecule has 8 heavy (non-hydrogen) atoms. The molecule has 0 fully saturated rings. The fourth-order valence-electron chi connectivity index (χ4n) is 0.257. The van der Waals surface area contributed by atoms with Crippen molar-refractivity contribution in [2.75, 3.05) is 0 Å². The Bertz CT molecular complexity index is 172.